The van der Waals surface area contributed by atoms with Crippen LogP contribution in [-0.4, -0.2) is 38.6 Å². The van der Waals surface area contributed by atoms with Gasteiger partial charge in [-0.3, -0.25) is 4.79 Å². The second-order valence-electron chi connectivity index (χ2n) is 7.02. The van der Waals surface area contributed by atoms with Crippen molar-refractivity contribution >= 4 is 17.3 Å². The first kappa shape index (κ1) is 16.2. The molecule has 2 fully saturated rings. The molecule has 2 aliphatic rings. The van der Waals surface area contributed by atoms with Crippen LogP contribution >= 0.6 is 0 Å². The van der Waals surface area contributed by atoms with E-state index in [1.165, 1.54) is 11.3 Å². The van der Waals surface area contributed by atoms with Crippen molar-refractivity contribution in [3.8, 4) is 0 Å². The van der Waals surface area contributed by atoms with E-state index >= 15 is 0 Å². The summed E-state index contributed by atoms with van der Waals surface area (Å²) in [6.45, 7) is 5.04. The zero-order chi connectivity index (χ0) is 17.1. The molecule has 130 valence electrons. The number of anilines is 2. The average Bonchev–Trinajstić information content (AvgIpc) is 3.03. The van der Waals surface area contributed by atoms with Crippen molar-refractivity contribution in [1.82, 2.24) is 5.32 Å². The first-order valence-corrected chi connectivity index (χ1v) is 9.19. The van der Waals surface area contributed by atoms with Crippen molar-refractivity contribution in [3.63, 3.8) is 0 Å². The third-order valence-corrected chi connectivity index (χ3v) is 5.19. The highest BCUT2D eigenvalue weighted by Gasteiger charge is 2.30. The Bertz CT molecular complexity index is 725. The molecule has 0 saturated carbocycles. The van der Waals surface area contributed by atoms with Crippen LogP contribution in [0.3, 0.4) is 0 Å². The van der Waals surface area contributed by atoms with Gasteiger partial charge in [0.2, 0.25) is 5.91 Å². The normalized spacial score (nSPS) is 21.0. The fourth-order valence-corrected chi connectivity index (χ4v) is 3.91. The van der Waals surface area contributed by atoms with E-state index in [2.05, 4.69) is 34.5 Å². The number of piperazine rings is 1. The Balaban J connectivity index is 1.43. The van der Waals surface area contributed by atoms with Crippen LogP contribution in [-0.2, 0) is 11.2 Å². The van der Waals surface area contributed by atoms with Gasteiger partial charge in [0.25, 0.3) is 0 Å². The topological polar surface area (TPSA) is 35.6 Å². The van der Waals surface area contributed by atoms with E-state index in [1.54, 1.807) is 0 Å². The number of carbonyl (C=O) groups excluding carboxylic acids is 1. The van der Waals surface area contributed by atoms with Crippen LogP contribution in [0.15, 0.2) is 54.6 Å². The summed E-state index contributed by atoms with van der Waals surface area (Å²) < 4.78 is 0. The maximum atomic E-state index is 12.4. The molecule has 2 saturated heterocycles. The number of hydrogen-bond acceptors (Lipinski definition) is 3. The van der Waals surface area contributed by atoms with E-state index in [0.29, 0.717) is 12.3 Å². The fourth-order valence-electron chi connectivity index (χ4n) is 3.91. The minimum absolute atomic E-state index is 0.245. The molecule has 4 nitrogen and oxygen atoms in total. The summed E-state index contributed by atoms with van der Waals surface area (Å²) in [5.41, 5.74) is 3.66. The van der Waals surface area contributed by atoms with Crippen molar-refractivity contribution in [3.05, 3.63) is 60.2 Å². The van der Waals surface area contributed by atoms with Gasteiger partial charge < -0.3 is 15.1 Å². The van der Waals surface area contributed by atoms with Crippen molar-refractivity contribution in [1.29, 1.82) is 0 Å². The third kappa shape index (κ3) is 3.69. The molecule has 2 aromatic carbocycles. The highest BCUT2D eigenvalue weighted by molar-refractivity contribution is 5.95. The Labute approximate surface area is 149 Å². The van der Waals surface area contributed by atoms with Crippen LogP contribution in [0.5, 0.6) is 0 Å². The summed E-state index contributed by atoms with van der Waals surface area (Å²) in [5.74, 6) is 0.639. The zero-order valence-electron chi connectivity index (χ0n) is 14.5. The third-order valence-electron chi connectivity index (χ3n) is 5.19. The molecule has 4 rings (SSSR count). The van der Waals surface area contributed by atoms with E-state index < -0.39 is 0 Å². The maximum Gasteiger partial charge on any atom is 0.227 e. The Morgan fingerprint density at radius 2 is 1.72 bits per heavy atom. The summed E-state index contributed by atoms with van der Waals surface area (Å²) in [5, 5.41) is 3.40. The predicted molar refractivity (Wildman–Crippen MR) is 102 cm³/mol. The number of rotatable bonds is 4. The van der Waals surface area contributed by atoms with Gasteiger partial charge in [0.15, 0.2) is 0 Å². The largest absolute Gasteiger partial charge is 0.369 e. The summed E-state index contributed by atoms with van der Waals surface area (Å²) in [6.07, 6.45) is 1.61. The Kier molecular flexibility index (Phi) is 4.70. The van der Waals surface area contributed by atoms with Crippen LogP contribution < -0.4 is 15.1 Å². The second-order valence-corrected chi connectivity index (χ2v) is 7.02. The molecule has 1 atom stereocenters. The van der Waals surface area contributed by atoms with E-state index in [1.807, 2.05) is 35.2 Å². The summed E-state index contributed by atoms with van der Waals surface area (Å²) in [6, 6.07) is 18.9. The first-order chi connectivity index (χ1) is 12.3. The molecule has 2 aliphatic heterocycles. The van der Waals surface area contributed by atoms with Gasteiger partial charge >= 0.3 is 0 Å². The van der Waals surface area contributed by atoms with Crippen molar-refractivity contribution in [2.45, 2.75) is 12.8 Å². The molecule has 25 heavy (non-hydrogen) atoms. The highest BCUT2D eigenvalue weighted by atomic mass is 16.2. The Morgan fingerprint density at radius 1 is 0.960 bits per heavy atom. The highest BCUT2D eigenvalue weighted by Crippen LogP contribution is 2.28. The number of carbonyl (C=O) groups is 1. The number of nitrogens with zero attached hydrogens (tertiary/aromatic N) is 2. The van der Waals surface area contributed by atoms with Crippen LogP contribution in [0.2, 0.25) is 0 Å². The Hall–Kier alpha value is -2.33. The molecular formula is C21H25N3O. The molecule has 0 bridgehead atoms. The lowest BCUT2D eigenvalue weighted by Gasteiger charge is -2.29. The van der Waals surface area contributed by atoms with Gasteiger partial charge in [-0.25, -0.2) is 0 Å². The Morgan fingerprint density at radius 3 is 2.52 bits per heavy atom. The zero-order valence-corrected chi connectivity index (χ0v) is 14.5. The van der Waals surface area contributed by atoms with E-state index in [0.717, 1.165) is 44.8 Å². The molecular weight excluding hydrogens is 310 g/mol. The van der Waals surface area contributed by atoms with E-state index in [-0.39, 0.29) is 5.91 Å². The van der Waals surface area contributed by atoms with Crippen molar-refractivity contribution in [2.75, 3.05) is 42.5 Å². The molecule has 0 aromatic heterocycles. The SMILES string of the molecule is O=C1C[C@@H](Cc2cccc(N3CCNCC3)c2)CN1c1ccccc1. The summed E-state index contributed by atoms with van der Waals surface area (Å²) in [4.78, 5) is 16.8. The van der Waals surface area contributed by atoms with Crippen LogP contribution in [0.1, 0.15) is 12.0 Å². The molecule has 1 N–H and O–H groups in total. The van der Waals surface area contributed by atoms with Gasteiger partial charge in [-0.2, -0.15) is 0 Å². The number of para-hydroxylation sites is 1. The van der Waals surface area contributed by atoms with E-state index in [9.17, 15) is 4.79 Å². The number of nitrogens with one attached hydrogen (secondary N) is 1. The first-order valence-electron chi connectivity index (χ1n) is 9.19. The maximum absolute atomic E-state index is 12.4. The average molecular weight is 335 g/mol. The van der Waals surface area contributed by atoms with Crippen molar-refractivity contribution in [2.24, 2.45) is 5.92 Å². The lowest BCUT2D eigenvalue weighted by Crippen LogP contribution is -2.43. The molecule has 2 heterocycles. The van der Waals surface area contributed by atoms with Crippen LogP contribution in [0.4, 0.5) is 11.4 Å². The molecule has 0 aliphatic carbocycles. The predicted octanol–water partition coefficient (Wildman–Crippen LogP) is 2.69. The fraction of sp³-hybridized carbons (Fsp3) is 0.381. The number of amides is 1. The van der Waals surface area contributed by atoms with Gasteiger partial charge in [-0.1, -0.05) is 30.3 Å². The standard InChI is InChI=1S/C21H25N3O/c25-21-15-18(16-24(21)19-6-2-1-3-7-19)13-17-5-4-8-20(14-17)23-11-9-22-10-12-23/h1-8,14,18,22H,9-13,15-16H2/t18-/m1/s1. The molecule has 2 aromatic rings. The van der Waals surface area contributed by atoms with Gasteiger partial charge in [0.05, 0.1) is 0 Å². The molecule has 4 heteroatoms. The van der Waals surface area contributed by atoms with Gasteiger partial charge in [-0.05, 0) is 42.2 Å². The molecule has 0 radical (unpaired) electrons. The molecule has 0 spiro atoms. The molecule has 0 unspecified atom stereocenters. The van der Waals surface area contributed by atoms with Crippen LogP contribution in [0.25, 0.3) is 0 Å². The smallest absolute Gasteiger partial charge is 0.227 e. The van der Waals surface area contributed by atoms with E-state index in [4.69, 9.17) is 0 Å². The summed E-state index contributed by atoms with van der Waals surface area (Å²) in [7, 11) is 0. The van der Waals surface area contributed by atoms with Gasteiger partial charge in [-0.15, -0.1) is 0 Å². The minimum Gasteiger partial charge on any atom is -0.369 e. The lowest BCUT2D eigenvalue weighted by atomic mass is 9.98. The van der Waals surface area contributed by atoms with Gasteiger partial charge in [0, 0.05) is 50.5 Å². The van der Waals surface area contributed by atoms with Crippen molar-refractivity contribution < 1.29 is 4.79 Å². The number of hydrogen-bond donors (Lipinski definition) is 1. The molecule has 1 amide bonds. The minimum atomic E-state index is 0.245. The van der Waals surface area contributed by atoms with Crippen LogP contribution in [0, 0.1) is 5.92 Å². The lowest BCUT2D eigenvalue weighted by molar-refractivity contribution is -0.117. The quantitative estimate of drug-likeness (QED) is 0.933. The summed E-state index contributed by atoms with van der Waals surface area (Å²) >= 11 is 0. The van der Waals surface area contributed by atoms with Gasteiger partial charge in [0.1, 0.15) is 0 Å². The monoisotopic (exact) mass is 335 g/mol. The second kappa shape index (κ2) is 7.28. The number of benzene rings is 2.